The number of aromatic hydroxyl groups is 2. The van der Waals surface area contributed by atoms with Gasteiger partial charge in [-0.25, -0.2) is 0 Å². The predicted molar refractivity (Wildman–Crippen MR) is 79.1 cm³/mol. The molecule has 0 saturated carbocycles. The molecular formula is C16H18O2S. The molecule has 0 saturated heterocycles. The van der Waals surface area contributed by atoms with Crippen LogP contribution in [-0.4, -0.2) is 10.2 Å². The summed E-state index contributed by atoms with van der Waals surface area (Å²) in [4.78, 5) is 1.56. The van der Waals surface area contributed by atoms with E-state index in [0.29, 0.717) is 0 Å². The number of hydrogen-bond donors (Lipinski definition) is 2. The van der Waals surface area contributed by atoms with Gasteiger partial charge in [-0.2, -0.15) is 0 Å². The molecule has 0 atom stereocenters. The molecule has 0 aliphatic carbocycles. The van der Waals surface area contributed by atoms with Gasteiger partial charge in [0.05, 0.1) is 9.79 Å². The van der Waals surface area contributed by atoms with E-state index >= 15 is 0 Å². The minimum absolute atomic E-state index is 0.253. The van der Waals surface area contributed by atoms with Crippen molar-refractivity contribution in [3.05, 3.63) is 47.5 Å². The first-order valence-electron chi connectivity index (χ1n) is 6.45. The normalized spacial score (nSPS) is 10.6. The van der Waals surface area contributed by atoms with Crippen LogP contribution in [0.5, 0.6) is 11.5 Å². The number of hydrogen-bond acceptors (Lipinski definition) is 3. The summed E-state index contributed by atoms with van der Waals surface area (Å²) >= 11 is 1.40. The lowest BCUT2D eigenvalue weighted by atomic mass is 10.2. The van der Waals surface area contributed by atoms with Gasteiger partial charge < -0.3 is 10.2 Å². The standard InChI is InChI=1S/C16H18O2S/c1-3-11-5-7-13(17)15(9-11)19-16-10-12(4-2)6-8-14(16)18/h5-10,17-18H,3-4H2,1-2H3. The second kappa shape index (κ2) is 6.02. The quantitative estimate of drug-likeness (QED) is 0.869. The molecule has 0 unspecified atom stereocenters. The zero-order valence-corrected chi connectivity index (χ0v) is 12.0. The second-order valence-corrected chi connectivity index (χ2v) is 5.50. The molecule has 2 rings (SSSR count). The van der Waals surface area contributed by atoms with Crippen molar-refractivity contribution < 1.29 is 10.2 Å². The summed E-state index contributed by atoms with van der Waals surface area (Å²) < 4.78 is 0. The molecule has 0 heterocycles. The first kappa shape index (κ1) is 13.8. The zero-order valence-electron chi connectivity index (χ0n) is 11.2. The fourth-order valence-electron chi connectivity index (χ4n) is 1.84. The van der Waals surface area contributed by atoms with Gasteiger partial charge in [0.2, 0.25) is 0 Å². The topological polar surface area (TPSA) is 40.5 Å². The van der Waals surface area contributed by atoms with E-state index < -0.39 is 0 Å². The lowest BCUT2D eigenvalue weighted by Crippen LogP contribution is -1.84. The van der Waals surface area contributed by atoms with E-state index in [1.54, 1.807) is 12.1 Å². The first-order chi connectivity index (χ1) is 9.13. The minimum Gasteiger partial charge on any atom is -0.507 e. The third-order valence-electron chi connectivity index (χ3n) is 3.08. The molecule has 2 N–H and O–H groups in total. The van der Waals surface area contributed by atoms with Gasteiger partial charge in [-0.15, -0.1) is 0 Å². The van der Waals surface area contributed by atoms with Crippen LogP contribution < -0.4 is 0 Å². The fourth-order valence-corrected chi connectivity index (χ4v) is 2.84. The monoisotopic (exact) mass is 274 g/mol. The van der Waals surface area contributed by atoms with E-state index in [-0.39, 0.29) is 11.5 Å². The Bertz CT molecular complexity index is 527. The third kappa shape index (κ3) is 3.24. The maximum atomic E-state index is 9.91. The van der Waals surface area contributed by atoms with Crippen LogP contribution in [-0.2, 0) is 12.8 Å². The van der Waals surface area contributed by atoms with E-state index in [1.165, 1.54) is 22.9 Å². The Morgan fingerprint density at radius 3 is 1.58 bits per heavy atom. The first-order valence-corrected chi connectivity index (χ1v) is 7.27. The SMILES string of the molecule is CCc1ccc(O)c(Sc2cc(CC)ccc2O)c1. The Morgan fingerprint density at radius 1 is 0.789 bits per heavy atom. The summed E-state index contributed by atoms with van der Waals surface area (Å²) in [7, 11) is 0. The summed E-state index contributed by atoms with van der Waals surface area (Å²) in [6, 6.07) is 11.2. The van der Waals surface area contributed by atoms with Crippen LogP contribution in [0.4, 0.5) is 0 Å². The van der Waals surface area contributed by atoms with Gasteiger partial charge >= 0.3 is 0 Å². The lowest BCUT2D eigenvalue weighted by molar-refractivity contribution is 0.459. The molecule has 0 spiro atoms. The third-order valence-corrected chi connectivity index (χ3v) is 4.18. The number of rotatable bonds is 4. The average Bonchev–Trinajstić information content (AvgIpc) is 2.43. The van der Waals surface area contributed by atoms with Crippen molar-refractivity contribution in [2.75, 3.05) is 0 Å². The van der Waals surface area contributed by atoms with Crippen LogP contribution in [0.25, 0.3) is 0 Å². The number of phenols is 2. The molecule has 0 amide bonds. The van der Waals surface area contributed by atoms with Gasteiger partial charge in [0.25, 0.3) is 0 Å². The van der Waals surface area contributed by atoms with Gasteiger partial charge in [0.15, 0.2) is 0 Å². The summed E-state index contributed by atoms with van der Waals surface area (Å²) in [6.45, 7) is 4.16. The minimum atomic E-state index is 0.253. The molecule has 2 nitrogen and oxygen atoms in total. The van der Waals surface area contributed by atoms with E-state index in [9.17, 15) is 10.2 Å². The maximum Gasteiger partial charge on any atom is 0.129 e. The second-order valence-electron chi connectivity index (χ2n) is 4.41. The van der Waals surface area contributed by atoms with Gasteiger partial charge in [-0.3, -0.25) is 0 Å². The van der Waals surface area contributed by atoms with Crippen LogP contribution in [0.15, 0.2) is 46.2 Å². The van der Waals surface area contributed by atoms with Gasteiger partial charge in [-0.1, -0.05) is 37.7 Å². The van der Waals surface area contributed by atoms with Crippen LogP contribution >= 0.6 is 11.8 Å². The van der Waals surface area contributed by atoms with Crippen molar-refractivity contribution in [2.45, 2.75) is 36.5 Å². The Labute approximate surface area is 118 Å². The van der Waals surface area contributed by atoms with Gasteiger partial charge in [0.1, 0.15) is 11.5 Å². The molecule has 2 aromatic carbocycles. The van der Waals surface area contributed by atoms with E-state index in [4.69, 9.17) is 0 Å². The number of phenolic OH excluding ortho intramolecular Hbond substituents is 2. The molecule has 100 valence electrons. The highest BCUT2D eigenvalue weighted by Gasteiger charge is 2.09. The summed E-state index contributed by atoms with van der Waals surface area (Å²) in [5.41, 5.74) is 2.35. The number of benzene rings is 2. The lowest BCUT2D eigenvalue weighted by Gasteiger charge is -2.09. The largest absolute Gasteiger partial charge is 0.507 e. The van der Waals surface area contributed by atoms with Crippen LogP contribution in [0, 0.1) is 0 Å². The van der Waals surface area contributed by atoms with Crippen molar-refractivity contribution in [1.29, 1.82) is 0 Å². The van der Waals surface area contributed by atoms with Crippen molar-refractivity contribution >= 4 is 11.8 Å². The Kier molecular flexibility index (Phi) is 4.38. The molecule has 0 aliphatic rings. The van der Waals surface area contributed by atoms with Crippen molar-refractivity contribution in [3.8, 4) is 11.5 Å². The summed E-state index contributed by atoms with van der Waals surface area (Å²) in [6.07, 6.45) is 1.85. The Balaban J connectivity index is 2.35. The maximum absolute atomic E-state index is 9.91. The average molecular weight is 274 g/mol. The molecule has 0 aliphatic heterocycles. The smallest absolute Gasteiger partial charge is 0.129 e. The van der Waals surface area contributed by atoms with Gasteiger partial charge in [-0.05, 0) is 48.2 Å². The van der Waals surface area contributed by atoms with Crippen molar-refractivity contribution in [2.24, 2.45) is 0 Å². The Hall–Kier alpha value is -1.61. The van der Waals surface area contributed by atoms with Crippen LogP contribution in [0.3, 0.4) is 0 Å². The van der Waals surface area contributed by atoms with E-state index in [2.05, 4.69) is 13.8 Å². The highest BCUT2D eigenvalue weighted by molar-refractivity contribution is 7.99. The zero-order chi connectivity index (χ0) is 13.8. The molecule has 0 radical (unpaired) electrons. The number of aryl methyl sites for hydroxylation is 2. The molecule has 0 aromatic heterocycles. The molecule has 3 heteroatoms. The molecule has 0 bridgehead atoms. The molecular weight excluding hydrogens is 256 g/mol. The van der Waals surface area contributed by atoms with E-state index in [0.717, 1.165) is 22.6 Å². The molecule has 19 heavy (non-hydrogen) atoms. The highest BCUT2D eigenvalue weighted by Crippen LogP contribution is 2.39. The molecule has 0 fully saturated rings. The summed E-state index contributed by atoms with van der Waals surface area (Å²) in [5, 5.41) is 19.8. The van der Waals surface area contributed by atoms with Crippen molar-refractivity contribution in [3.63, 3.8) is 0 Å². The summed E-state index contributed by atoms with van der Waals surface area (Å²) in [5.74, 6) is 0.506. The van der Waals surface area contributed by atoms with Crippen LogP contribution in [0.1, 0.15) is 25.0 Å². The van der Waals surface area contributed by atoms with Crippen LogP contribution in [0.2, 0.25) is 0 Å². The highest BCUT2D eigenvalue weighted by atomic mass is 32.2. The van der Waals surface area contributed by atoms with Crippen molar-refractivity contribution in [1.82, 2.24) is 0 Å². The predicted octanol–water partition coefficient (Wildman–Crippen LogP) is 4.37. The molecule has 2 aromatic rings. The Morgan fingerprint density at radius 2 is 1.21 bits per heavy atom. The van der Waals surface area contributed by atoms with Gasteiger partial charge in [0, 0.05) is 0 Å². The fraction of sp³-hybridized carbons (Fsp3) is 0.250. The van der Waals surface area contributed by atoms with E-state index in [1.807, 2.05) is 24.3 Å².